The Kier molecular flexibility index (Phi) is 5.79. The molecule has 0 amide bonds. The molecule has 1 fully saturated rings. The zero-order valence-corrected chi connectivity index (χ0v) is 16.6. The minimum absolute atomic E-state index is 0.0549. The van der Waals surface area contributed by atoms with Crippen molar-refractivity contribution in [3.05, 3.63) is 10.8 Å². The second-order valence-electron chi connectivity index (χ2n) is 6.29. The number of esters is 3. The summed E-state index contributed by atoms with van der Waals surface area (Å²) in [5.41, 5.74) is 6.12. The fourth-order valence-electron chi connectivity index (χ4n) is 3.04. The highest BCUT2D eigenvalue weighted by molar-refractivity contribution is 7.71. The zero-order chi connectivity index (χ0) is 21.3. The molecule has 156 valence electrons. The third-order valence-corrected chi connectivity index (χ3v) is 4.39. The Labute approximate surface area is 169 Å². The van der Waals surface area contributed by atoms with E-state index in [0.29, 0.717) is 11.0 Å². The summed E-state index contributed by atoms with van der Waals surface area (Å²) in [5, 5.41) is 4.73. The summed E-state index contributed by atoms with van der Waals surface area (Å²) in [6, 6.07) is 0. The lowest BCUT2D eigenvalue weighted by Crippen LogP contribution is -2.40. The van der Waals surface area contributed by atoms with Crippen molar-refractivity contribution in [2.24, 2.45) is 0 Å². The van der Waals surface area contributed by atoms with E-state index in [1.807, 2.05) is 0 Å². The van der Waals surface area contributed by atoms with E-state index in [1.54, 1.807) is 0 Å². The van der Waals surface area contributed by atoms with Crippen LogP contribution in [0.4, 0.5) is 5.95 Å². The number of nitrogens with zero attached hydrogens (tertiary/aromatic N) is 3. The molecule has 0 aromatic carbocycles. The third kappa shape index (κ3) is 4.35. The van der Waals surface area contributed by atoms with Gasteiger partial charge in [-0.05, 0) is 0 Å². The Hall–Kier alpha value is -3.06. The zero-order valence-electron chi connectivity index (χ0n) is 15.8. The first-order valence-electron chi connectivity index (χ1n) is 8.53. The van der Waals surface area contributed by atoms with E-state index < -0.39 is 42.4 Å². The number of nitrogens with two attached hydrogens (primary N) is 1. The Morgan fingerprint density at radius 3 is 2.48 bits per heavy atom. The highest BCUT2D eigenvalue weighted by atomic mass is 32.1. The van der Waals surface area contributed by atoms with Crippen LogP contribution in [0.1, 0.15) is 27.0 Å². The summed E-state index contributed by atoms with van der Waals surface area (Å²) < 4.78 is 23.2. The number of carbonyl (C=O) groups is 3. The first-order valence-corrected chi connectivity index (χ1v) is 8.94. The molecule has 12 nitrogen and oxygen atoms in total. The third-order valence-electron chi connectivity index (χ3n) is 4.08. The van der Waals surface area contributed by atoms with Crippen LogP contribution < -0.4 is 5.73 Å². The van der Waals surface area contributed by atoms with Crippen molar-refractivity contribution >= 4 is 47.1 Å². The molecule has 0 spiro atoms. The lowest BCUT2D eigenvalue weighted by atomic mass is 10.1. The summed E-state index contributed by atoms with van der Waals surface area (Å²) in [4.78, 5) is 41.3. The van der Waals surface area contributed by atoms with E-state index in [-0.39, 0.29) is 17.2 Å². The smallest absolute Gasteiger partial charge is 0.303 e. The minimum Gasteiger partial charge on any atom is -0.463 e. The molecule has 2 aromatic heterocycles. The van der Waals surface area contributed by atoms with Gasteiger partial charge in [0.15, 0.2) is 24.4 Å². The molecule has 3 N–H and O–H groups in total. The van der Waals surface area contributed by atoms with Gasteiger partial charge in [0.25, 0.3) is 0 Å². The predicted octanol–water partition coefficient (Wildman–Crippen LogP) is 0.395. The van der Waals surface area contributed by atoms with Gasteiger partial charge in [-0.15, -0.1) is 0 Å². The molecular weight excluding hydrogens is 406 g/mol. The molecule has 1 aliphatic heterocycles. The SMILES string of the molecule is CC(=O)OC[C@H]1O[C@@H](n2ncc3c(=S)nc(N)[nH]c32)[C@H](OC(C)=O)[C@@H]1OC(C)=O. The average molecular weight is 425 g/mol. The minimum atomic E-state index is -1.07. The Morgan fingerprint density at radius 2 is 1.86 bits per heavy atom. The van der Waals surface area contributed by atoms with E-state index >= 15 is 0 Å². The summed E-state index contributed by atoms with van der Waals surface area (Å²) in [6.07, 6.45) is -2.58. The average Bonchev–Trinajstić information content (AvgIpc) is 3.15. The molecule has 4 atom stereocenters. The summed E-state index contributed by atoms with van der Waals surface area (Å²) in [7, 11) is 0. The molecule has 0 unspecified atom stereocenters. The van der Waals surface area contributed by atoms with Crippen LogP contribution in [0.15, 0.2) is 6.20 Å². The number of carbonyl (C=O) groups excluding carboxylic acids is 3. The van der Waals surface area contributed by atoms with Gasteiger partial charge >= 0.3 is 17.9 Å². The molecule has 0 saturated carbocycles. The van der Waals surface area contributed by atoms with Crippen LogP contribution in [0.2, 0.25) is 0 Å². The monoisotopic (exact) mass is 425 g/mol. The quantitative estimate of drug-likeness (QED) is 0.387. The van der Waals surface area contributed by atoms with Gasteiger partial charge in [-0.2, -0.15) is 5.10 Å². The van der Waals surface area contributed by atoms with Gasteiger partial charge in [-0.1, -0.05) is 12.2 Å². The molecule has 0 bridgehead atoms. The van der Waals surface area contributed by atoms with Crippen molar-refractivity contribution < 1.29 is 33.3 Å². The molecule has 3 rings (SSSR count). The van der Waals surface area contributed by atoms with E-state index in [9.17, 15) is 14.4 Å². The van der Waals surface area contributed by atoms with Gasteiger partial charge in [0.2, 0.25) is 0 Å². The topological polar surface area (TPSA) is 161 Å². The Morgan fingerprint density at radius 1 is 1.21 bits per heavy atom. The molecule has 2 aromatic rings. The fourth-order valence-corrected chi connectivity index (χ4v) is 3.29. The van der Waals surface area contributed by atoms with Crippen LogP contribution in [-0.2, 0) is 33.3 Å². The molecule has 0 radical (unpaired) electrons. The van der Waals surface area contributed by atoms with Crippen molar-refractivity contribution in [3.63, 3.8) is 0 Å². The molecule has 13 heteroatoms. The van der Waals surface area contributed by atoms with Crippen LogP contribution in [0.5, 0.6) is 0 Å². The predicted molar refractivity (Wildman–Crippen MR) is 98.8 cm³/mol. The first kappa shape index (κ1) is 20.7. The van der Waals surface area contributed by atoms with Crippen molar-refractivity contribution in [1.82, 2.24) is 19.7 Å². The summed E-state index contributed by atoms with van der Waals surface area (Å²) >= 11 is 5.18. The molecule has 1 aliphatic rings. The van der Waals surface area contributed by atoms with Gasteiger partial charge < -0.3 is 29.7 Å². The van der Waals surface area contributed by atoms with E-state index in [4.69, 9.17) is 36.9 Å². The van der Waals surface area contributed by atoms with E-state index in [1.165, 1.54) is 31.6 Å². The molecular formula is C16H19N5O7S. The Balaban J connectivity index is 2.05. The van der Waals surface area contributed by atoms with Crippen LogP contribution in [0.25, 0.3) is 11.0 Å². The lowest BCUT2D eigenvalue weighted by molar-refractivity contribution is -0.166. The molecule has 3 heterocycles. The number of aromatic amines is 1. The highest BCUT2D eigenvalue weighted by Gasteiger charge is 2.51. The van der Waals surface area contributed by atoms with Crippen LogP contribution in [0.3, 0.4) is 0 Å². The Bertz CT molecular complexity index is 1020. The maximum atomic E-state index is 11.7. The number of rotatable bonds is 5. The second-order valence-corrected chi connectivity index (χ2v) is 6.68. The number of anilines is 1. The van der Waals surface area contributed by atoms with Gasteiger partial charge in [0.05, 0.1) is 11.6 Å². The number of aromatic nitrogens is 4. The number of H-pyrrole nitrogens is 1. The highest BCUT2D eigenvalue weighted by Crippen LogP contribution is 2.35. The lowest BCUT2D eigenvalue weighted by Gasteiger charge is -2.23. The largest absolute Gasteiger partial charge is 0.463 e. The van der Waals surface area contributed by atoms with Gasteiger partial charge in [-0.25, -0.2) is 9.67 Å². The van der Waals surface area contributed by atoms with Crippen LogP contribution in [-0.4, -0.2) is 62.6 Å². The molecule has 1 saturated heterocycles. The number of nitrogens with one attached hydrogen (secondary N) is 1. The van der Waals surface area contributed by atoms with Crippen molar-refractivity contribution in [2.75, 3.05) is 12.3 Å². The maximum Gasteiger partial charge on any atom is 0.303 e. The number of hydrogen-bond acceptors (Lipinski definition) is 11. The summed E-state index contributed by atoms with van der Waals surface area (Å²) in [6.45, 7) is 3.42. The standard InChI is InChI=1S/C16H19N5O7S/c1-6(22)25-5-10-11(26-7(2)23)12(27-8(3)24)15(28-10)21-13-9(4-18-21)14(29)20-16(17)19-13/h4,10-12,15H,5H2,1-3H3,(H3,17,19,20,29)/t10-,11-,12-,15-/m1/s1. The van der Waals surface area contributed by atoms with Crippen molar-refractivity contribution in [2.45, 2.75) is 45.3 Å². The van der Waals surface area contributed by atoms with Gasteiger partial charge in [-0.3, -0.25) is 14.4 Å². The fraction of sp³-hybridized carbons (Fsp3) is 0.500. The van der Waals surface area contributed by atoms with Crippen molar-refractivity contribution in [3.8, 4) is 0 Å². The number of fused-ring (bicyclic) bond motifs is 1. The van der Waals surface area contributed by atoms with Crippen molar-refractivity contribution in [1.29, 1.82) is 0 Å². The van der Waals surface area contributed by atoms with Crippen LogP contribution in [0, 0.1) is 4.64 Å². The van der Waals surface area contributed by atoms with Crippen LogP contribution >= 0.6 is 12.2 Å². The first-order chi connectivity index (χ1) is 13.7. The summed E-state index contributed by atoms with van der Waals surface area (Å²) in [5.74, 6) is -1.74. The van der Waals surface area contributed by atoms with Gasteiger partial charge in [0, 0.05) is 20.8 Å². The number of hydrogen-bond donors (Lipinski definition) is 2. The number of nitrogen functional groups attached to an aromatic ring is 1. The number of ether oxygens (including phenoxy) is 4. The normalized spacial score (nSPS) is 23.7. The second kappa shape index (κ2) is 8.13. The van der Waals surface area contributed by atoms with Gasteiger partial charge in [0.1, 0.15) is 23.0 Å². The van der Waals surface area contributed by atoms with E-state index in [2.05, 4.69) is 15.1 Å². The molecule has 29 heavy (non-hydrogen) atoms. The maximum absolute atomic E-state index is 11.7. The van der Waals surface area contributed by atoms with E-state index in [0.717, 1.165) is 0 Å². The molecule has 0 aliphatic carbocycles.